The second kappa shape index (κ2) is 6.21. The highest BCUT2D eigenvalue weighted by Gasteiger charge is 2.25. The van der Waals surface area contributed by atoms with Crippen LogP contribution in [0.25, 0.3) is 0 Å². The molecule has 0 bridgehead atoms. The summed E-state index contributed by atoms with van der Waals surface area (Å²) in [4.78, 5) is 0. The molecular weight excluding hydrogens is 226 g/mol. The van der Waals surface area contributed by atoms with Gasteiger partial charge < -0.3 is 14.8 Å². The molecule has 1 saturated heterocycles. The van der Waals surface area contributed by atoms with Crippen molar-refractivity contribution in [2.24, 2.45) is 5.92 Å². The summed E-state index contributed by atoms with van der Waals surface area (Å²) in [6, 6.07) is 8.60. The van der Waals surface area contributed by atoms with Crippen molar-refractivity contribution >= 4 is 0 Å². The van der Waals surface area contributed by atoms with E-state index in [-0.39, 0.29) is 6.10 Å². The van der Waals surface area contributed by atoms with Gasteiger partial charge in [0.2, 0.25) is 0 Å². The van der Waals surface area contributed by atoms with Crippen LogP contribution < -0.4 is 10.1 Å². The van der Waals surface area contributed by atoms with Crippen LogP contribution in [0.2, 0.25) is 0 Å². The second-order valence-electron chi connectivity index (χ2n) is 5.05. The topological polar surface area (TPSA) is 30.5 Å². The maximum Gasteiger partial charge on any atom is 0.125 e. The van der Waals surface area contributed by atoms with Crippen molar-refractivity contribution in [3.63, 3.8) is 0 Å². The number of hydrogen-bond acceptors (Lipinski definition) is 3. The van der Waals surface area contributed by atoms with Crippen LogP contribution in [-0.2, 0) is 4.74 Å². The van der Waals surface area contributed by atoms with E-state index in [2.05, 4.69) is 25.2 Å². The Morgan fingerprint density at radius 3 is 2.78 bits per heavy atom. The van der Waals surface area contributed by atoms with Gasteiger partial charge in [0.25, 0.3) is 0 Å². The fourth-order valence-corrected chi connectivity index (χ4v) is 2.26. The average molecular weight is 249 g/mol. The standard InChI is InChI=1S/C15H23NO2/c1-4-17-14-8-6-5-7-12(14)15-9-16-13(10-18-15)11(2)3/h5-8,11,13,15-16H,4,9-10H2,1-3H3. The molecule has 1 N–H and O–H groups in total. The Bertz CT molecular complexity index is 371. The lowest BCUT2D eigenvalue weighted by atomic mass is 10.0. The maximum atomic E-state index is 5.98. The van der Waals surface area contributed by atoms with E-state index >= 15 is 0 Å². The van der Waals surface area contributed by atoms with Gasteiger partial charge in [0, 0.05) is 18.2 Å². The molecule has 2 unspecified atom stereocenters. The number of para-hydroxylation sites is 1. The van der Waals surface area contributed by atoms with Crippen LogP contribution in [-0.4, -0.2) is 25.8 Å². The Kier molecular flexibility index (Phi) is 4.61. The fourth-order valence-electron chi connectivity index (χ4n) is 2.26. The van der Waals surface area contributed by atoms with E-state index in [1.54, 1.807) is 0 Å². The van der Waals surface area contributed by atoms with Crippen molar-refractivity contribution in [3.8, 4) is 5.75 Å². The van der Waals surface area contributed by atoms with E-state index < -0.39 is 0 Å². The number of hydrogen-bond donors (Lipinski definition) is 1. The predicted molar refractivity (Wildman–Crippen MR) is 72.9 cm³/mol. The highest BCUT2D eigenvalue weighted by Crippen LogP contribution is 2.29. The van der Waals surface area contributed by atoms with Gasteiger partial charge >= 0.3 is 0 Å². The van der Waals surface area contributed by atoms with Gasteiger partial charge in [-0.1, -0.05) is 32.0 Å². The molecule has 18 heavy (non-hydrogen) atoms. The second-order valence-corrected chi connectivity index (χ2v) is 5.05. The van der Waals surface area contributed by atoms with Gasteiger partial charge in [-0.05, 0) is 18.9 Å². The molecule has 1 aliphatic heterocycles. The maximum absolute atomic E-state index is 5.98. The lowest BCUT2D eigenvalue weighted by Gasteiger charge is -2.33. The lowest BCUT2D eigenvalue weighted by molar-refractivity contribution is -0.00837. The Morgan fingerprint density at radius 2 is 2.17 bits per heavy atom. The molecule has 1 aliphatic rings. The molecule has 1 heterocycles. The lowest BCUT2D eigenvalue weighted by Crippen LogP contribution is -2.45. The van der Waals surface area contributed by atoms with Crippen molar-refractivity contribution in [3.05, 3.63) is 29.8 Å². The van der Waals surface area contributed by atoms with Crippen LogP contribution in [0.3, 0.4) is 0 Å². The van der Waals surface area contributed by atoms with E-state index in [4.69, 9.17) is 9.47 Å². The molecule has 100 valence electrons. The monoisotopic (exact) mass is 249 g/mol. The molecule has 1 fully saturated rings. The molecule has 3 heteroatoms. The third-order valence-corrected chi connectivity index (χ3v) is 3.41. The first-order valence-corrected chi connectivity index (χ1v) is 6.79. The summed E-state index contributed by atoms with van der Waals surface area (Å²) in [6.07, 6.45) is 0.0998. The summed E-state index contributed by atoms with van der Waals surface area (Å²) in [5.74, 6) is 1.54. The van der Waals surface area contributed by atoms with Gasteiger partial charge in [-0.15, -0.1) is 0 Å². The van der Waals surface area contributed by atoms with Gasteiger partial charge in [0.1, 0.15) is 5.75 Å². The molecule has 1 aromatic carbocycles. The molecular formula is C15H23NO2. The van der Waals surface area contributed by atoms with Gasteiger partial charge in [0.05, 0.1) is 19.3 Å². The van der Waals surface area contributed by atoms with Crippen molar-refractivity contribution in [1.82, 2.24) is 5.32 Å². The highest BCUT2D eigenvalue weighted by molar-refractivity contribution is 5.35. The number of morpholine rings is 1. The molecule has 0 saturated carbocycles. The van der Waals surface area contributed by atoms with Crippen LogP contribution in [0.15, 0.2) is 24.3 Å². The number of nitrogens with one attached hydrogen (secondary N) is 1. The first kappa shape index (κ1) is 13.4. The van der Waals surface area contributed by atoms with Crippen molar-refractivity contribution in [1.29, 1.82) is 0 Å². The first-order chi connectivity index (χ1) is 8.72. The predicted octanol–water partition coefficient (Wildman–Crippen LogP) is 2.77. The van der Waals surface area contributed by atoms with Crippen LogP contribution in [0.4, 0.5) is 0 Å². The van der Waals surface area contributed by atoms with Gasteiger partial charge in [0.15, 0.2) is 0 Å². The van der Waals surface area contributed by atoms with Gasteiger partial charge in [-0.25, -0.2) is 0 Å². The quantitative estimate of drug-likeness (QED) is 0.890. The molecule has 3 nitrogen and oxygen atoms in total. The summed E-state index contributed by atoms with van der Waals surface area (Å²) in [5.41, 5.74) is 1.15. The number of benzene rings is 1. The highest BCUT2D eigenvalue weighted by atomic mass is 16.5. The molecule has 0 aromatic heterocycles. The smallest absolute Gasteiger partial charge is 0.125 e. The van der Waals surface area contributed by atoms with Crippen molar-refractivity contribution in [2.45, 2.75) is 32.9 Å². The van der Waals surface area contributed by atoms with Gasteiger partial charge in [-0.3, -0.25) is 0 Å². The summed E-state index contributed by atoms with van der Waals surface area (Å²) in [7, 11) is 0. The van der Waals surface area contributed by atoms with Crippen molar-refractivity contribution < 1.29 is 9.47 Å². The Morgan fingerprint density at radius 1 is 1.39 bits per heavy atom. The Labute approximate surface area is 109 Å². The molecule has 0 radical (unpaired) electrons. The zero-order valence-corrected chi connectivity index (χ0v) is 11.5. The minimum atomic E-state index is 0.0998. The number of ether oxygens (including phenoxy) is 2. The fraction of sp³-hybridized carbons (Fsp3) is 0.600. The molecule has 0 amide bonds. The minimum Gasteiger partial charge on any atom is -0.493 e. The third-order valence-electron chi connectivity index (χ3n) is 3.41. The zero-order chi connectivity index (χ0) is 13.0. The summed E-state index contributed by atoms with van der Waals surface area (Å²) in [6.45, 7) is 8.75. The van der Waals surface area contributed by atoms with Crippen LogP contribution in [0.1, 0.15) is 32.4 Å². The molecule has 0 spiro atoms. The SMILES string of the molecule is CCOc1ccccc1C1CNC(C(C)C)CO1. The van der Waals surface area contributed by atoms with E-state index in [0.717, 1.165) is 24.5 Å². The Hall–Kier alpha value is -1.06. The van der Waals surface area contributed by atoms with Crippen LogP contribution >= 0.6 is 0 Å². The van der Waals surface area contributed by atoms with E-state index in [1.165, 1.54) is 0 Å². The molecule has 0 aliphatic carbocycles. The summed E-state index contributed by atoms with van der Waals surface area (Å²) < 4.78 is 11.6. The molecule has 1 aromatic rings. The van der Waals surface area contributed by atoms with Crippen molar-refractivity contribution in [2.75, 3.05) is 19.8 Å². The molecule has 2 rings (SSSR count). The minimum absolute atomic E-state index is 0.0998. The van der Waals surface area contributed by atoms with Crippen LogP contribution in [0, 0.1) is 5.92 Å². The summed E-state index contributed by atoms with van der Waals surface area (Å²) in [5, 5.41) is 3.56. The Balaban J connectivity index is 2.05. The molecule has 2 atom stereocenters. The third kappa shape index (κ3) is 3.03. The summed E-state index contributed by atoms with van der Waals surface area (Å²) >= 11 is 0. The average Bonchev–Trinajstić information content (AvgIpc) is 2.40. The normalized spacial score (nSPS) is 24.2. The van der Waals surface area contributed by atoms with Crippen LogP contribution in [0.5, 0.6) is 5.75 Å². The zero-order valence-electron chi connectivity index (χ0n) is 11.5. The number of rotatable bonds is 4. The first-order valence-electron chi connectivity index (χ1n) is 6.79. The van der Waals surface area contributed by atoms with E-state index in [9.17, 15) is 0 Å². The van der Waals surface area contributed by atoms with E-state index in [0.29, 0.717) is 18.6 Å². The van der Waals surface area contributed by atoms with Gasteiger partial charge in [-0.2, -0.15) is 0 Å². The van der Waals surface area contributed by atoms with E-state index in [1.807, 2.05) is 25.1 Å². The largest absolute Gasteiger partial charge is 0.493 e.